The zero-order chi connectivity index (χ0) is 23.5. The topological polar surface area (TPSA) is 96.7 Å². The summed E-state index contributed by atoms with van der Waals surface area (Å²) in [5.74, 6) is -0.0739. The van der Waals surface area contributed by atoms with E-state index in [1.165, 1.54) is 11.3 Å². The normalized spacial score (nSPS) is 17.4. The first kappa shape index (κ1) is 22.1. The van der Waals surface area contributed by atoms with E-state index in [0.717, 1.165) is 54.5 Å². The van der Waals surface area contributed by atoms with Crippen LogP contribution in [0.5, 0.6) is 0 Å². The zero-order valence-electron chi connectivity index (χ0n) is 19.3. The van der Waals surface area contributed by atoms with Gasteiger partial charge >= 0.3 is 5.97 Å². The Bertz CT molecular complexity index is 1260. The third kappa shape index (κ3) is 4.25. The highest BCUT2D eigenvalue weighted by atomic mass is 16.4. The van der Waals surface area contributed by atoms with E-state index in [1.54, 1.807) is 0 Å². The second-order valence-electron chi connectivity index (χ2n) is 9.01. The lowest BCUT2D eigenvalue weighted by molar-refractivity contribution is -0.137. The van der Waals surface area contributed by atoms with Crippen molar-refractivity contribution in [3.63, 3.8) is 0 Å². The van der Waals surface area contributed by atoms with Crippen molar-refractivity contribution in [2.75, 3.05) is 0 Å². The molecule has 0 amide bonds. The van der Waals surface area contributed by atoms with Gasteiger partial charge in [-0.25, -0.2) is 0 Å². The van der Waals surface area contributed by atoms with E-state index in [2.05, 4.69) is 74.6 Å². The van der Waals surface area contributed by atoms with Crippen molar-refractivity contribution in [2.24, 2.45) is 0 Å². The lowest BCUT2D eigenvalue weighted by Crippen LogP contribution is -2.24. The number of fused-ring (bicyclic) bond motifs is 1. The molecule has 7 heteroatoms. The summed E-state index contributed by atoms with van der Waals surface area (Å²) in [5.41, 5.74) is 6.82. The number of tetrazole rings is 1. The van der Waals surface area contributed by atoms with Crippen LogP contribution in [-0.2, 0) is 11.2 Å². The summed E-state index contributed by atoms with van der Waals surface area (Å²) in [6.45, 7) is 2.20. The summed E-state index contributed by atoms with van der Waals surface area (Å²) < 4.78 is 2.43. The molecule has 2 aromatic heterocycles. The lowest BCUT2D eigenvalue weighted by Gasteiger charge is -2.33. The van der Waals surface area contributed by atoms with Crippen LogP contribution in [0.25, 0.3) is 22.5 Å². The van der Waals surface area contributed by atoms with Gasteiger partial charge in [0, 0.05) is 22.9 Å². The summed E-state index contributed by atoms with van der Waals surface area (Å²) in [5, 5.41) is 24.0. The number of carbonyl (C=O) groups is 1. The number of unbranched alkanes of at least 4 members (excludes halogenated alkanes) is 1. The van der Waals surface area contributed by atoms with Gasteiger partial charge in [-0.1, -0.05) is 61.9 Å². The molecule has 2 N–H and O–H groups in total. The van der Waals surface area contributed by atoms with E-state index in [-0.39, 0.29) is 18.4 Å². The van der Waals surface area contributed by atoms with Crippen molar-refractivity contribution in [2.45, 2.75) is 57.4 Å². The van der Waals surface area contributed by atoms with E-state index in [9.17, 15) is 9.90 Å². The fraction of sp³-hybridized carbons (Fsp3) is 0.333. The van der Waals surface area contributed by atoms with Crippen molar-refractivity contribution in [1.29, 1.82) is 0 Å². The zero-order valence-corrected chi connectivity index (χ0v) is 19.3. The molecule has 0 saturated heterocycles. The Morgan fingerprint density at radius 3 is 2.56 bits per heavy atom. The van der Waals surface area contributed by atoms with Gasteiger partial charge in [0.2, 0.25) is 5.82 Å². The maximum atomic E-state index is 11.5. The van der Waals surface area contributed by atoms with E-state index >= 15 is 0 Å². The summed E-state index contributed by atoms with van der Waals surface area (Å²) >= 11 is 0. The molecule has 174 valence electrons. The van der Waals surface area contributed by atoms with Gasteiger partial charge in [0.05, 0.1) is 12.5 Å². The highest BCUT2D eigenvalue weighted by molar-refractivity contribution is 5.80. The Morgan fingerprint density at radius 1 is 1.06 bits per heavy atom. The van der Waals surface area contributed by atoms with E-state index in [1.807, 2.05) is 18.2 Å². The molecule has 0 unspecified atom stereocenters. The summed E-state index contributed by atoms with van der Waals surface area (Å²) in [6, 6.07) is 21.4. The molecule has 0 radical (unpaired) electrons. The van der Waals surface area contributed by atoms with Gasteiger partial charge in [0.1, 0.15) is 0 Å². The van der Waals surface area contributed by atoms with Gasteiger partial charge in [-0.3, -0.25) is 4.79 Å². The highest BCUT2D eigenvalue weighted by Gasteiger charge is 2.31. The number of hydrogen-bond donors (Lipinski definition) is 2. The molecule has 0 aliphatic carbocycles. The van der Waals surface area contributed by atoms with Crippen LogP contribution < -0.4 is 0 Å². The predicted molar refractivity (Wildman–Crippen MR) is 130 cm³/mol. The van der Waals surface area contributed by atoms with E-state index in [4.69, 9.17) is 0 Å². The number of benzene rings is 2. The molecule has 4 aromatic rings. The molecule has 0 fully saturated rings. The summed E-state index contributed by atoms with van der Waals surface area (Å²) in [6.07, 6.45) is 5.30. The van der Waals surface area contributed by atoms with Gasteiger partial charge in [-0.2, -0.15) is 5.21 Å². The number of nitrogens with zero attached hydrogens (tertiary/aromatic N) is 4. The Morgan fingerprint density at radius 2 is 1.85 bits per heavy atom. The molecular formula is C27H29N5O2. The SMILES string of the molecule is CCCCc1ccc2n1[C@H](c1ccc(-c3ccccc3-c3nn[nH]n3)cc1)CC[C@@H]2CC(=O)O. The lowest BCUT2D eigenvalue weighted by atomic mass is 9.86. The molecule has 7 nitrogen and oxygen atoms in total. The van der Waals surface area contributed by atoms with Gasteiger partial charge in [0.25, 0.3) is 0 Å². The fourth-order valence-corrected chi connectivity index (χ4v) is 5.24. The van der Waals surface area contributed by atoms with Crippen LogP contribution in [-0.4, -0.2) is 36.3 Å². The summed E-state index contributed by atoms with van der Waals surface area (Å²) in [4.78, 5) is 11.5. The van der Waals surface area contributed by atoms with Crippen molar-refractivity contribution < 1.29 is 9.90 Å². The Labute approximate surface area is 198 Å². The number of aliphatic carboxylic acids is 1. The first-order valence-electron chi connectivity index (χ1n) is 12.0. The fourth-order valence-electron chi connectivity index (χ4n) is 5.24. The average Bonchev–Trinajstić information content (AvgIpc) is 3.54. The Balaban J connectivity index is 1.48. The molecule has 5 rings (SSSR count). The number of aromatic amines is 1. The van der Waals surface area contributed by atoms with Crippen molar-refractivity contribution >= 4 is 5.97 Å². The molecule has 2 atom stereocenters. The minimum absolute atomic E-state index is 0.0743. The average molecular weight is 456 g/mol. The van der Waals surface area contributed by atoms with Crippen molar-refractivity contribution in [3.8, 4) is 22.5 Å². The van der Waals surface area contributed by atoms with Gasteiger partial charge in [-0.05, 0) is 59.7 Å². The number of aryl methyl sites for hydroxylation is 1. The van der Waals surface area contributed by atoms with Crippen LogP contribution in [0.3, 0.4) is 0 Å². The minimum atomic E-state index is -0.726. The number of carboxylic acid groups (broad SMARTS) is 1. The Hall–Kier alpha value is -3.74. The number of rotatable bonds is 8. The van der Waals surface area contributed by atoms with E-state index < -0.39 is 5.97 Å². The van der Waals surface area contributed by atoms with Crippen LogP contribution in [0, 0.1) is 0 Å². The van der Waals surface area contributed by atoms with Crippen molar-refractivity contribution in [3.05, 3.63) is 77.6 Å². The molecule has 0 bridgehead atoms. The monoisotopic (exact) mass is 455 g/mol. The number of hydrogen-bond acceptors (Lipinski definition) is 4. The van der Waals surface area contributed by atoms with Gasteiger partial charge < -0.3 is 9.67 Å². The van der Waals surface area contributed by atoms with E-state index in [0.29, 0.717) is 5.82 Å². The molecule has 0 spiro atoms. The van der Waals surface area contributed by atoms with Crippen LogP contribution in [0.4, 0.5) is 0 Å². The predicted octanol–water partition coefficient (Wildman–Crippen LogP) is 5.62. The van der Waals surface area contributed by atoms with Crippen LogP contribution in [0.1, 0.15) is 67.9 Å². The third-order valence-corrected chi connectivity index (χ3v) is 6.88. The molecule has 2 aromatic carbocycles. The smallest absolute Gasteiger partial charge is 0.304 e. The molecule has 3 heterocycles. The summed E-state index contributed by atoms with van der Waals surface area (Å²) in [7, 11) is 0. The quantitative estimate of drug-likeness (QED) is 0.359. The first-order chi connectivity index (χ1) is 16.7. The molecular weight excluding hydrogens is 426 g/mol. The molecule has 1 aliphatic heterocycles. The molecule has 0 saturated carbocycles. The minimum Gasteiger partial charge on any atom is -0.481 e. The number of carboxylic acids is 1. The highest BCUT2D eigenvalue weighted by Crippen LogP contribution is 2.41. The van der Waals surface area contributed by atoms with Crippen LogP contribution in [0.2, 0.25) is 0 Å². The van der Waals surface area contributed by atoms with Crippen LogP contribution in [0.15, 0.2) is 60.7 Å². The van der Waals surface area contributed by atoms with Gasteiger partial charge in [-0.15, -0.1) is 10.2 Å². The molecule has 1 aliphatic rings. The maximum Gasteiger partial charge on any atom is 0.304 e. The number of H-pyrrole nitrogens is 1. The second kappa shape index (κ2) is 9.63. The Kier molecular flexibility index (Phi) is 6.25. The number of aromatic nitrogens is 5. The second-order valence-corrected chi connectivity index (χ2v) is 9.01. The third-order valence-electron chi connectivity index (χ3n) is 6.88. The standard InChI is InChI=1S/C27H29N5O2/c1-2-3-6-21-14-16-25-20(17-26(33)34)13-15-24(32(21)25)19-11-9-18(10-12-19)22-7-4-5-8-23(22)27-28-30-31-29-27/h4-5,7-12,14,16,20,24H,2-3,6,13,15,17H2,1H3,(H,33,34)(H,28,29,30,31)/t20-,24+/m1/s1. The number of nitrogens with one attached hydrogen (secondary N) is 1. The van der Waals surface area contributed by atoms with Crippen molar-refractivity contribution in [1.82, 2.24) is 25.2 Å². The maximum absolute atomic E-state index is 11.5. The first-order valence-corrected chi connectivity index (χ1v) is 12.0. The largest absolute Gasteiger partial charge is 0.481 e. The van der Waals surface area contributed by atoms with Gasteiger partial charge in [0.15, 0.2) is 0 Å². The van der Waals surface area contributed by atoms with Crippen LogP contribution >= 0.6 is 0 Å². The molecule has 34 heavy (non-hydrogen) atoms.